The fraction of sp³-hybridized carbons (Fsp3) is 0.529. The summed E-state index contributed by atoms with van der Waals surface area (Å²) in [6.45, 7) is 4.65. The second-order valence-corrected chi connectivity index (χ2v) is 7.30. The maximum Gasteiger partial charge on any atom is 0.355 e. The Hall–Kier alpha value is -2.22. The van der Waals surface area contributed by atoms with Crippen molar-refractivity contribution in [3.63, 3.8) is 0 Å². The molecule has 2 aromatic rings. The van der Waals surface area contributed by atoms with Gasteiger partial charge in [-0.25, -0.2) is 9.78 Å². The van der Waals surface area contributed by atoms with Crippen LogP contribution in [-0.4, -0.2) is 38.3 Å². The number of amides is 1. The first-order valence-electron chi connectivity index (χ1n) is 8.54. The first-order chi connectivity index (χ1) is 12.0. The Morgan fingerprint density at radius 1 is 1.48 bits per heavy atom. The van der Waals surface area contributed by atoms with Crippen LogP contribution in [0.2, 0.25) is 0 Å². The molecule has 0 aromatic carbocycles. The molecule has 134 valence electrons. The van der Waals surface area contributed by atoms with Crippen molar-refractivity contribution in [3.05, 3.63) is 33.5 Å². The van der Waals surface area contributed by atoms with Crippen LogP contribution in [0.5, 0.6) is 0 Å². The van der Waals surface area contributed by atoms with Gasteiger partial charge in [0, 0.05) is 30.3 Å². The van der Waals surface area contributed by atoms with E-state index in [0.29, 0.717) is 29.5 Å². The van der Waals surface area contributed by atoms with E-state index in [1.807, 2.05) is 4.68 Å². The largest absolute Gasteiger partial charge is 0.476 e. The highest BCUT2D eigenvalue weighted by atomic mass is 32.1. The van der Waals surface area contributed by atoms with Crippen LogP contribution in [0.1, 0.15) is 76.6 Å². The smallest absolute Gasteiger partial charge is 0.355 e. The second kappa shape index (κ2) is 7.35. The van der Waals surface area contributed by atoms with Crippen LogP contribution in [-0.2, 0) is 6.42 Å². The third kappa shape index (κ3) is 3.89. The monoisotopic (exact) mass is 362 g/mol. The summed E-state index contributed by atoms with van der Waals surface area (Å²) >= 11 is 1.29. The van der Waals surface area contributed by atoms with Crippen molar-refractivity contribution in [2.24, 2.45) is 0 Å². The maximum atomic E-state index is 12.6. The summed E-state index contributed by atoms with van der Waals surface area (Å²) in [5, 5.41) is 18.4. The number of aromatic carboxylic acids is 1. The standard InChI is InChI=1S/C17H22N4O3S/c1-3-10(2)21-15(11-4-5-11)12(8-19-21)16(22)18-7-6-14-20-13(9-25-14)17(23)24/h8-11H,3-7H2,1-2H3,(H,18,22)(H,23,24). The lowest BCUT2D eigenvalue weighted by atomic mass is 10.1. The van der Waals surface area contributed by atoms with Crippen molar-refractivity contribution in [2.75, 3.05) is 6.54 Å². The molecule has 1 fully saturated rings. The number of thiazole rings is 1. The van der Waals surface area contributed by atoms with Crippen molar-refractivity contribution in [2.45, 2.75) is 51.5 Å². The summed E-state index contributed by atoms with van der Waals surface area (Å²) in [5.41, 5.74) is 1.76. The van der Waals surface area contributed by atoms with Crippen LogP contribution in [0.4, 0.5) is 0 Å². The average Bonchev–Trinajstić information content (AvgIpc) is 3.15. The summed E-state index contributed by atoms with van der Waals surface area (Å²) in [5.74, 6) is -0.709. The zero-order valence-corrected chi connectivity index (χ0v) is 15.2. The van der Waals surface area contributed by atoms with Crippen LogP contribution < -0.4 is 5.32 Å². The van der Waals surface area contributed by atoms with Gasteiger partial charge in [-0.2, -0.15) is 5.10 Å². The van der Waals surface area contributed by atoms with Gasteiger partial charge in [0.25, 0.3) is 5.91 Å². The number of nitrogens with zero attached hydrogens (tertiary/aromatic N) is 3. The Morgan fingerprint density at radius 3 is 2.84 bits per heavy atom. The first kappa shape index (κ1) is 17.6. The molecule has 1 unspecified atom stereocenters. The quantitative estimate of drug-likeness (QED) is 0.752. The van der Waals surface area contributed by atoms with E-state index < -0.39 is 5.97 Å². The minimum atomic E-state index is -1.03. The van der Waals surface area contributed by atoms with Crippen molar-refractivity contribution < 1.29 is 14.7 Å². The van der Waals surface area contributed by atoms with Crippen LogP contribution >= 0.6 is 11.3 Å². The van der Waals surface area contributed by atoms with E-state index in [1.54, 1.807) is 6.20 Å². The Kier molecular flexibility index (Phi) is 5.17. The summed E-state index contributed by atoms with van der Waals surface area (Å²) < 4.78 is 1.99. The van der Waals surface area contributed by atoms with Gasteiger partial charge in [0.15, 0.2) is 5.69 Å². The molecule has 2 N–H and O–H groups in total. The minimum absolute atomic E-state index is 0.0529. The fourth-order valence-corrected chi connectivity index (χ4v) is 3.51. The molecule has 2 aromatic heterocycles. The predicted octanol–water partition coefficient (Wildman–Crippen LogP) is 2.86. The molecule has 0 aliphatic heterocycles. The molecule has 0 bridgehead atoms. The van der Waals surface area contributed by atoms with E-state index in [2.05, 4.69) is 29.2 Å². The molecular formula is C17H22N4O3S. The van der Waals surface area contributed by atoms with Gasteiger partial charge in [0.1, 0.15) is 0 Å². The molecule has 1 aliphatic rings. The Labute approximate surface area is 150 Å². The van der Waals surface area contributed by atoms with E-state index in [1.165, 1.54) is 16.7 Å². The molecule has 0 saturated heterocycles. The predicted molar refractivity (Wildman–Crippen MR) is 94.3 cm³/mol. The van der Waals surface area contributed by atoms with Crippen molar-refractivity contribution in [1.29, 1.82) is 0 Å². The molecule has 8 heteroatoms. The van der Waals surface area contributed by atoms with Gasteiger partial charge in [-0.1, -0.05) is 6.92 Å². The van der Waals surface area contributed by atoms with Gasteiger partial charge in [-0.3, -0.25) is 9.48 Å². The highest BCUT2D eigenvalue weighted by Gasteiger charge is 2.33. The molecule has 2 heterocycles. The van der Waals surface area contributed by atoms with E-state index in [9.17, 15) is 9.59 Å². The lowest BCUT2D eigenvalue weighted by Gasteiger charge is -2.14. The van der Waals surface area contributed by atoms with Gasteiger partial charge in [-0.15, -0.1) is 11.3 Å². The Bertz CT molecular complexity index is 779. The van der Waals surface area contributed by atoms with Crippen LogP contribution in [0, 0.1) is 0 Å². The minimum Gasteiger partial charge on any atom is -0.476 e. The number of carboxylic acid groups (broad SMARTS) is 1. The van der Waals surface area contributed by atoms with E-state index >= 15 is 0 Å². The van der Waals surface area contributed by atoms with E-state index in [0.717, 1.165) is 25.0 Å². The SMILES string of the molecule is CCC(C)n1ncc(C(=O)NCCc2nc(C(=O)O)cs2)c1C1CC1. The first-order valence-corrected chi connectivity index (χ1v) is 9.42. The van der Waals surface area contributed by atoms with Gasteiger partial charge in [0.2, 0.25) is 0 Å². The third-order valence-electron chi connectivity index (χ3n) is 4.45. The molecule has 25 heavy (non-hydrogen) atoms. The van der Waals surface area contributed by atoms with Gasteiger partial charge < -0.3 is 10.4 Å². The molecule has 1 amide bonds. The normalized spacial score (nSPS) is 15.1. The third-order valence-corrected chi connectivity index (χ3v) is 5.35. The van der Waals surface area contributed by atoms with Gasteiger partial charge >= 0.3 is 5.97 Å². The molecule has 0 spiro atoms. The highest BCUT2D eigenvalue weighted by Crippen LogP contribution is 2.42. The highest BCUT2D eigenvalue weighted by molar-refractivity contribution is 7.09. The molecular weight excluding hydrogens is 340 g/mol. The topological polar surface area (TPSA) is 97.1 Å². The van der Waals surface area contributed by atoms with Crippen LogP contribution in [0.25, 0.3) is 0 Å². The van der Waals surface area contributed by atoms with Crippen molar-refractivity contribution in [1.82, 2.24) is 20.1 Å². The molecule has 1 saturated carbocycles. The molecule has 1 atom stereocenters. The summed E-state index contributed by atoms with van der Waals surface area (Å²) in [6, 6.07) is 0.280. The number of hydrogen-bond acceptors (Lipinski definition) is 5. The Balaban J connectivity index is 1.63. The van der Waals surface area contributed by atoms with Crippen molar-refractivity contribution in [3.8, 4) is 0 Å². The number of aromatic nitrogens is 3. The second-order valence-electron chi connectivity index (χ2n) is 6.36. The number of nitrogens with one attached hydrogen (secondary N) is 1. The van der Waals surface area contributed by atoms with Crippen LogP contribution in [0.3, 0.4) is 0 Å². The van der Waals surface area contributed by atoms with Crippen molar-refractivity contribution >= 4 is 23.2 Å². The summed E-state index contributed by atoms with van der Waals surface area (Å²) in [6.07, 6.45) is 5.38. The number of rotatable bonds is 8. The molecule has 1 aliphatic carbocycles. The maximum absolute atomic E-state index is 12.6. The van der Waals surface area contributed by atoms with E-state index in [4.69, 9.17) is 5.11 Å². The zero-order valence-electron chi connectivity index (χ0n) is 14.4. The van der Waals surface area contributed by atoms with Crippen LogP contribution in [0.15, 0.2) is 11.6 Å². The lowest BCUT2D eigenvalue weighted by Crippen LogP contribution is -2.26. The zero-order chi connectivity index (χ0) is 18.0. The lowest BCUT2D eigenvalue weighted by molar-refractivity contribution is 0.0690. The molecule has 3 rings (SSSR count). The van der Waals surface area contributed by atoms with Gasteiger partial charge in [-0.05, 0) is 26.2 Å². The van der Waals surface area contributed by atoms with E-state index in [-0.39, 0.29) is 17.6 Å². The average molecular weight is 362 g/mol. The van der Waals surface area contributed by atoms with Gasteiger partial charge in [0.05, 0.1) is 22.5 Å². The fourth-order valence-electron chi connectivity index (χ4n) is 2.74. The summed E-state index contributed by atoms with van der Waals surface area (Å²) in [7, 11) is 0. The molecule has 0 radical (unpaired) electrons. The number of carbonyl (C=O) groups is 2. The Morgan fingerprint density at radius 2 is 2.24 bits per heavy atom. The number of carboxylic acids is 1. The number of carbonyl (C=O) groups excluding carboxylic acids is 1. The molecule has 7 nitrogen and oxygen atoms in total. The number of hydrogen-bond donors (Lipinski definition) is 2. The summed E-state index contributed by atoms with van der Waals surface area (Å²) in [4.78, 5) is 27.4.